The second kappa shape index (κ2) is 17.1. The van der Waals surface area contributed by atoms with Gasteiger partial charge in [0.2, 0.25) is 0 Å². The Morgan fingerprint density at radius 1 is 0.349 bits per heavy atom. The molecule has 0 saturated heterocycles. The maximum atomic E-state index is 15.4. The van der Waals surface area contributed by atoms with Crippen LogP contribution in [0.2, 0.25) is 5.02 Å². The van der Waals surface area contributed by atoms with Crippen LogP contribution in [0.15, 0.2) is 67.0 Å². The molecule has 63 heavy (non-hydrogen) atoms. The Labute approximate surface area is 342 Å². The minimum Gasteiger partial charge on any atom is -0.207 e. The minimum atomic E-state index is -7.22. The van der Waals surface area contributed by atoms with Crippen LogP contribution in [0, 0.1) is 116 Å². The quantitative estimate of drug-likeness (QED) is 0.0515. The maximum absolute atomic E-state index is 15.4. The lowest BCUT2D eigenvalue weighted by Gasteiger charge is -2.44. The third kappa shape index (κ3) is 7.26. The van der Waals surface area contributed by atoms with Crippen LogP contribution in [-0.4, -0.2) is 6.15 Å². The molecule has 0 spiro atoms. The molecule has 0 aliphatic heterocycles. The summed E-state index contributed by atoms with van der Waals surface area (Å²) >= 11 is 6.16. The lowest BCUT2D eigenvalue weighted by atomic mass is 9.12. The molecule has 7 aromatic rings. The second-order valence-electron chi connectivity index (χ2n) is 13.1. The zero-order valence-corrected chi connectivity index (χ0v) is 30.8. The minimum absolute atomic E-state index is 0.805. The van der Waals surface area contributed by atoms with E-state index < -0.39 is 144 Å². The summed E-state index contributed by atoms with van der Waals surface area (Å²) in [5, 5.41) is 3.07. The van der Waals surface area contributed by atoms with Crippen LogP contribution in [0.3, 0.4) is 0 Å². The number of benzene rings is 6. The normalized spacial score (nSPS) is 11.6. The number of pyridine rings is 1. The zero-order valence-electron chi connectivity index (χ0n) is 30.0. The fourth-order valence-corrected chi connectivity index (χ4v) is 7.25. The third-order valence-electron chi connectivity index (χ3n) is 9.74. The number of fused-ring (bicyclic) bond motifs is 1. The van der Waals surface area contributed by atoms with Crippen LogP contribution < -0.4 is 26.4 Å². The monoisotopic (exact) mass is 933 g/mol. The van der Waals surface area contributed by atoms with Crippen molar-refractivity contribution in [2.24, 2.45) is 0 Å². The van der Waals surface area contributed by atoms with Crippen LogP contribution in [0.5, 0.6) is 0 Å². The molecule has 6 aromatic carbocycles. The van der Waals surface area contributed by atoms with Gasteiger partial charge in [0.05, 0.1) is 0 Å². The van der Waals surface area contributed by atoms with Gasteiger partial charge in [-0.05, 0) is 12.1 Å². The second-order valence-corrected chi connectivity index (χ2v) is 13.6. The third-order valence-corrected chi connectivity index (χ3v) is 10.1. The largest absolute Gasteiger partial charge is 0.207 e. The number of hydrogen-bond acceptors (Lipinski definition) is 0. The van der Waals surface area contributed by atoms with Gasteiger partial charge in [0.15, 0.2) is 88.7 Å². The van der Waals surface area contributed by atoms with Gasteiger partial charge in [-0.2, -0.15) is 0 Å². The van der Waals surface area contributed by atoms with E-state index in [2.05, 4.69) is 53.4 Å². The van der Waals surface area contributed by atoms with Crippen molar-refractivity contribution >= 4 is 50.4 Å². The summed E-state index contributed by atoms with van der Waals surface area (Å²) < 4.78 is 296. The Bertz CT molecular complexity index is 2620. The number of hydrogen-bond donors (Lipinski definition) is 0. The van der Waals surface area contributed by atoms with Crippen molar-refractivity contribution in [2.45, 2.75) is 6.54 Å². The van der Waals surface area contributed by atoms with Gasteiger partial charge in [-0.25, -0.2) is 92.4 Å². The van der Waals surface area contributed by atoms with Crippen molar-refractivity contribution in [3.05, 3.63) is 194 Å². The zero-order chi connectivity index (χ0) is 46.7. The molecular formula is C40H13BClF20N. The number of aromatic nitrogens is 1. The van der Waals surface area contributed by atoms with E-state index in [1.54, 1.807) is 0 Å². The molecular weight excluding hydrogens is 921 g/mol. The Balaban J connectivity index is 0.000000302. The molecule has 0 fully saturated rings. The fraction of sp³-hybridized carbons (Fsp3) is 0.0250. The van der Waals surface area contributed by atoms with Crippen molar-refractivity contribution in [3.8, 4) is 0 Å². The number of nitrogens with zero attached hydrogens (tertiary/aromatic N) is 1. The van der Waals surface area contributed by atoms with E-state index in [0.717, 1.165) is 17.0 Å². The molecule has 0 saturated carbocycles. The fourth-order valence-electron chi connectivity index (χ4n) is 7.00. The summed E-state index contributed by atoms with van der Waals surface area (Å²) in [6.07, 6.45) is -3.01. The Hall–Kier alpha value is -6.32. The topological polar surface area (TPSA) is 3.88 Å². The molecule has 7 rings (SSSR count). The Morgan fingerprint density at radius 3 is 0.968 bits per heavy atom. The molecule has 328 valence electrons. The van der Waals surface area contributed by atoms with E-state index in [9.17, 15) is 52.7 Å². The van der Waals surface area contributed by atoms with E-state index in [1.807, 2.05) is 18.2 Å². The van der Waals surface area contributed by atoms with Gasteiger partial charge in [0.1, 0.15) is 52.7 Å². The van der Waals surface area contributed by atoms with Gasteiger partial charge < -0.3 is 0 Å². The smallest absolute Gasteiger partial charge is 0.200 e. The predicted molar refractivity (Wildman–Crippen MR) is 184 cm³/mol. The van der Waals surface area contributed by atoms with E-state index in [-0.39, 0.29) is 0 Å². The molecule has 0 aliphatic carbocycles. The number of halogens is 21. The van der Waals surface area contributed by atoms with Gasteiger partial charge in [0, 0.05) is 27.4 Å². The summed E-state index contributed by atoms with van der Waals surface area (Å²) in [6.45, 7) is 0.878. The highest BCUT2D eigenvalue weighted by atomic mass is 35.5. The first-order valence-corrected chi connectivity index (χ1v) is 17.3. The molecule has 0 bridgehead atoms. The number of rotatable bonds is 6. The lowest BCUT2D eigenvalue weighted by molar-refractivity contribution is -0.687. The van der Waals surface area contributed by atoms with E-state index in [0.29, 0.717) is 0 Å². The molecule has 0 unspecified atom stereocenters. The van der Waals surface area contributed by atoms with Gasteiger partial charge in [-0.15, -0.1) is 21.9 Å². The highest BCUT2D eigenvalue weighted by molar-refractivity contribution is 7.20. The van der Waals surface area contributed by atoms with Crippen LogP contribution in [-0.2, 0) is 6.54 Å². The van der Waals surface area contributed by atoms with Gasteiger partial charge >= 0.3 is 0 Å². The molecule has 0 aliphatic rings. The van der Waals surface area contributed by atoms with Crippen LogP contribution >= 0.6 is 11.6 Å². The standard InChI is InChI=1S/C24BF20.C16H13ClN/c26-5-1(6(27)14(35)21(42)13(5)34)25(2-7(28)15(36)22(43)16(37)8(2)29,3-9(30)17(38)23(44)18(39)10(3)31)4-11(32)19(40)24(45)20(41)12(4)33;17-16-8-4-7-14-12-18(10-9-15(14)16)11-13-5-2-1-3-6-13/h;1-10,12H,11H2/q-1;+1. The van der Waals surface area contributed by atoms with Crippen LogP contribution in [0.4, 0.5) is 87.8 Å². The average Bonchev–Trinajstić information content (AvgIpc) is 3.27. The summed E-state index contributed by atoms with van der Waals surface area (Å²) in [7, 11) is 0. The van der Waals surface area contributed by atoms with Crippen molar-refractivity contribution in [2.75, 3.05) is 0 Å². The molecule has 0 N–H and O–H groups in total. The molecule has 0 radical (unpaired) electrons. The summed E-state index contributed by atoms with van der Waals surface area (Å²) in [5.41, 5.74) is -13.0. The van der Waals surface area contributed by atoms with Gasteiger partial charge in [-0.3, -0.25) is 0 Å². The predicted octanol–water partition coefficient (Wildman–Crippen LogP) is 9.67. The molecule has 1 aromatic heterocycles. The Kier molecular flexibility index (Phi) is 12.5. The Morgan fingerprint density at radius 2 is 0.651 bits per heavy atom. The van der Waals surface area contributed by atoms with Crippen LogP contribution in [0.25, 0.3) is 10.8 Å². The first-order valence-electron chi connectivity index (χ1n) is 16.9. The van der Waals surface area contributed by atoms with E-state index >= 15 is 35.1 Å². The molecule has 0 amide bonds. The molecule has 0 atom stereocenters. The van der Waals surface area contributed by atoms with Crippen molar-refractivity contribution in [3.63, 3.8) is 0 Å². The molecule has 1 nitrogen and oxygen atoms in total. The average molecular weight is 934 g/mol. The lowest BCUT2D eigenvalue weighted by Crippen LogP contribution is -2.81. The first kappa shape index (κ1) is 46.2. The van der Waals surface area contributed by atoms with Gasteiger partial charge in [0.25, 0.3) is 0 Å². The van der Waals surface area contributed by atoms with E-state index in [4.69, 9.17) is 11.6 Å². The van der Waals surface area contributed by atoms with E-state index in [1.165, 1.54) is 10.9 Å². The van der Waals surface area contributed by atoms with Crippen molar-refractivity contribution in [1.82, 2.24) is 0 Å². The van der Waals surface area contributed by atoms with Crippen LogP contribution in [0.1, 0.15) is 5.56 Å². The summed E-state index contributed by atoms with van der Waals surface area (Å²) in [5.74, 6) is -71.4. The molecule has 23 heteroatoms. The maximum Gasteiger partial charge on any atom is 0.200 e. The summed E-state index contributed by atoms with van der Waals surface area (Å²) in [6, 6.07) is 18.5. The highest BCUT2D eigenvalue weighted by Gasteiger charge is 2.52. The van der Waals surface area contributed by atoms with Crippen molar-refractivity contribution < 1.29 is 92.4 Å². The SMILES string of the molecule is Clc1cccc2c[n+](Cc3ccccc3)ccc12.Fc1c(F)c(F)c([B-](c2c(F)c(F)c(F)c(F)c2F)(c2c(F)c(F)c(F)c(F)c2F)c2c(F)c(F)c(F)c(F)c2F)c(F)c1F. The molecule has 1 heterocycles. The highest BCUT2D eigenvalue weighted by Crippen LogP contribution is 2.31. The van der Waals surface area contributed by atoms with Crippen molar-refractivity contribution in [1.29, 1.82) is 0 Å². The summed E-state index contributed by atoms with van der Waals surface area (Å²) in [4.78, 5) is 0. The first-order chi connectivity index (χ1) is 29.5. The van der Waals surface area contributed by atoms with Gasteiger partial charge in [-0.1, -0.05) is 48.0 Å².